The van der Waals surface area contributed by atoms with Gasteiger partial charge in [0, 0.05) is 13.1 Å². The van der Waals surface area contributed by atoms with Crippen LogP contribution in [0.1, 0.15) is 25.8 Å². The van der Waals surface area contributed by atoms with Gasteiger partial charge in [0.2, 0.25) is 21.8 Å². The summed E-state index contributed by atoms with van der Waals surface area (Å²) in [5.74, 6) is -1.34. The molecule has 0 radical (unpaired) electrons. The minimum absolute atomic E-state index is 0.174. The van der Waals surface area contributed by atoms with Gasteiger partial charge in [0.15, 0.2) is 0 Å². The summed E-state index contributed by atoms with van der Waals surface area (Å²) >= 11 is 0. The maximum absolute atomic E-state index is 13.3. The van der Waals surface area contributed by atoms with Crippen molar-refractivity contribution in [2.24, 2.45) is 0 Å². The summed E-state index contributed by atoms with van der Waals surface area (Å²) in [6, 6.07) is 13.6. The second-order valence-electron chi connectivity index (χ2n) is 7.54. The van der Waals surface area contributed by atoms with Crippen molar-refractivity contribution in [2.75, 3.05) is 30.2 Å². The molecular weight excluding hydrogens is 433 g/mol. The smallest absolute Gasteiger partial charge is 0.244 e. The number of benzene rings is 2. The van der Waals surface area contributed by atoms with E-state index in [1.807, 2.05) is 37.3 Å². The molecule has 1 N–H and O–H groups in total. The fourth-order valence-electron chi connectivity index (χ4n) is 3.19. The lowest BCUT2D eigenvalue weighted by Gasteiger charge is -2.31. The number of nitrogens with zero attached hydrogens (tertiary/aromatic N) is 2. The third-order valence-corrected chi connectivity index (χ3v) is 6.14. The highest BCUT2D eigenvalue weighted by Crippen LogP contribution is 2.19. The SMILES string of the molecule is CCCNC(=O)C(C)N(CCc1ccccc1)C(=O)CN(c1ccc(F)cc1)S(C)(=O)=O. The zero-order valence-electron chi connectivity index (χ0n) is 18.6. The highest BCUT2D eigenvalue weighted by molar-refractivity contribution is 7.92. The first kappa shape index (κ1) is 25.3. The number of halogens is 1. The predicted octanol–water partition coefficient (Wildman–Crippen LogP) is 2.58. The number of hydrogen-bond acceptors (Lipinski definition) is 4. The fourth-order valence-corrected chi connectivity index (χ4v) is 4.04. The monoisotopic (exact) mass is 463 g/mol. The molecule has 0 aliphatic carbocycles. The van der Waals surface area contributed by atoms with E-state index in [0.29, 0.717) is 13.0 Å². The Labute approximate surface area is 189 Å². The zero-order chi connectivity index (χ0) is 23.7. The molecule has 2 amide bonds. The molecule has 0 aliphatic heterocycles. The second kappa shape index (κ2) is 11.6. The molecule has 9 heteroatoms. The molecule has 0 heterocycles. The van der Waals surface area contributed by atoms with Crippen molar-refractivity contribution in [3.8, 4) is 0 Å². The Morgan fingerprint density at radius 2 is 1.69 bits per heavy atom. The van der Waals surface area contributed by atoms with Gasteiger partial charge in [-0.05, 0) is 49.6 Å². The van der Waals surface area contributed by atoms with E-state index in [-0.39, 0.29) is 18.1 Å². The van der Waals surface area contributed by atoms with Crippen LogP contribution in [0, 0.1) is 5.82 Å². The average molecular weight is 464 g/mol. The van der Waals surface area contributed by atoms with E-state index in [4.69, 9.17) is 0 Å². The topological polar surface area (TPSA) is 86.8 Å². The van der Waals surface area contributed by atoms with Crippen LogP contribution in [0.3, 0.4) is 0 Å². The number of carbonyl (C=O) groups is 2. The Balaban J connectivity index is 2.27. The van der Waals surface area contributed by atoms with Gasteiger partial charge in [0.1, 0.15) is 18.4 Å². The molecule has 1 atom stereocenters. The first-order valence-electron chi connectivity index (χ1n) is 10.5. The third-order valence-electron chi connectivity index (χ3n) is 4.99. The van der Waals surface area contributed by atoms with Crippen molar-refractivity contribution < 1.29 is 22.4 Å². The average Bonchev–Trinajstić information content (AvgIpc) is 2.76. The van der Waals surface area contributed by atoms with Crippen molar-refractivity contribution in [3.63, 3.8) is 0 Å². The normalized spacial score (nSPS) is 12.1. The highest BCUT2D eigenvalue weighted by atomic mass is 32.2. The minimum atomic E-state index is -3.82. The van der Waals surface area contributed by atoms with Crippen molar-refractivity contribution in [1.29, 1.82) is 0 Å². The molecule has 0 saturated heterocycles. The van der Waals surface area contributed by atoms with Gasteiger partial charge in [-0.3, -0.25) is 13.9 Å². The summed E-state index contributed by atoms with van der Waals surface area (Å²) in [4.78, 5) is 27.2. The van der Waals surface area contributed by atoms with Crippen LogP contribution in [-0.4, -0.2) is 57.1 Å². The third kappa shape index (κ3) is 7.33. The van der Waals surface area contributed by atoms with Gasteiger partial charge in [0.25, 0.3) is 0 Å². The fraction of sp³-hybridized carbons (Fsp3) is 0.391. The van der Waals surface area contributed by atoms with E-state index in [2.05, 4.69) is 5.32 Å². The molecule has 0 saturated carbocycles. The minimum Gasteiger partial charge on any atom is -0.354 e. The lowest BCUT2D eigenvalue weighted by Crippen LogP contribution is -2.52. The maximum atomic E-state index is 13.3. The molecule has 2 aromatic carbocycles. The molecule has 0 spiro atoms. The van der Waals surface area contributed by atoms with Gasteiger partial charge in [-0.15, -0.1) is 0 Å². The van der Waals surface area contributed by atoms with E-state index < -0.39 is 34.3 Å². The zero-order valence-corrected chi connectivity index (χ0v) is 19.4. The molecule has 1 unspecified atom stereocenters. The molecule has 174 valence electrons. The van der Waals surface area contributed by atoms with Gasteiger partial charge in [-0.2, -0.15) is 0 Å². The molecule has 2 aromatic rings. The van der Waals surface area contributed by atoms with Gasteiger partial charge in [-0.1, -0.05) is 37.3 Å². The predicted molar refractivity (Wildman–Crippen MR) is 123 cm³/mol. The number of rotatable bonds is 11. The molecule has 2 rings (SSSR count). The number of nitrogens with one attached hydrogen (secondary N) is 1. The summed E-state index contributed by atoms with van der Waals surface area (Å²) in [6.07, 6.45) is 2.24. The van der Waals surface area contributed by atoms with Crippen LogP contribution in [-0.2, 0) is 26.0 Å². The Hall–Kier alpha value is -2.94. The Morgan fingerprint density at radius 3 is 2.25 bits per heavy atom. The van der Waals surface area contributed by atoms with Crippen LogP contribution in [0.4, 0.5) is 10.1 Å². The van der Waals surface area contributed by atoms with Gasteiger partial charge in [0.05, 0.1) is 11.9 Å². The lowest BCUT2D eigenvalue weighted by atomic mass is 10.1. The Morgan fingerprint density at radius 1 is 1.06 bits per heavy atom. The Kier molecular flexibility index (Phi) is 9.19. The molecular formula is C23H30FN3O4S. The molecule has 7 nitrogen and oxygen atoms in total. The summed E-state index contributed by atoms with van der Waals surface area (Å²) in [5, 5.41) is 2.78. The van der Waals surface area contributed by atoms with E-state index in [1.165, 1.54) is 17.0 Å². The second-order valence-corrected chi connectivity index (χ2v) is 9.44. The molecule has 0 bridgehead atoms. The van der Waals surface area contributed by atoms with Crippen molar-refractivity contribution in [1.82, 2.24) is 10.2 Å². The summed E-state index contributed by atoms with van der Waals surface area (Å²) in [5.41, 5.74) is 1.17. The standard InChI is InChI=1S/C23H30FN3O4S/c1-4-15-25-23(29)18(2)26(16-14-19-8-6-5-7-9-19)22(28)17-27(32(3,30)31)21-12-10-20(24)11-13-21/h5-13,18H,4,14-17H2,1-3H3,(H,25,29). The number of sulfonamides is 1. The van der Waals surface area contributed by atoms with E-state index in [0.717, 1.165) is 34.7 Å². The first-order chi connectivity index (χ1) is 15.1. The number of hydrogen-bond donors (Lipinski definition) is 1. The van der Waals surface area contributed by atoms with Crippen molar-refractivity contribution in [2.45, 2.75) is 32.7 Å². The lowest BCUT2D eigenvalue weighted by molar-refractivity contribution is -0.138. The van der Waals surface area contributed by atoms with Crippen LogP contribution in [0.15, 0.2) is 54.6 Å². The van der Waals surface area contributed by atoms with Crippen LogP contribution < -0.4 is 9.62 Å². The van der Waals surface area contributed by atoms with Gasteiger partial charge in [-0.25, -0.2) is 12.8 Å². The van der Waals surface area contributed by atoms with Crippen LogP contribution in [0.25, 0.3) is 0 Å². The quantitative estimate of drug-likeness (QED) is 0.555. The Bertz CT molecular complexity index is 998. The summed E-state index contributed by atoms with van der Waals surface area (Å²) in [6.45, 7) is 3.77. The first-order valence-corrected chi connectivity index (χ1v) is 12.3. The van der Waals surface area contributed by atoms with E-state index >= 15 is 0 Å². The number of carbonyl (C=O) groups excluding carboxylic acids is 2. The molecule has 0 aliphatic rings. The molecule has 32 heavy (non-hydrogen) atoms. The largest absolute Gasteiger partial charge is 0.354 e. The van der Waals surface area contributed by atoms with Crippen LogP contribution in [0.2, 0.25) is 0 Å². The molecule has 0 aromatic heterocycles. The van der Waals surface area contributed by atoms with Crippen molar-refractivity contribution >= 4 is 27.5 Å². The molecule has 0 fully saturated rings. The van der Waals surface area contributed by atoms with Crippen LogP contribution >= 0.6 is 0 Å². The summed E-state index contributed by atoms with van der Waals surface area (Å²) in [7, 11) is -3.82. The van der Waals surface area contributed by atoms with Crippen molar-refractivity contribution in [3.05, 3.63) is 66.0 Å². The summed E-state index contributed by atoms with van der Waals surface area (Å²) < 4.78 is 39.0. The van der Waals surface area contributed by atoms with E-state index in [1.54, 1.807) is 6.92 Å². The van der Waals surface area contributed by atoms with Gasteiger partial charge >= 0.3 is 0 Å². The maximum Gasteiger partial charge on any atom is 0.244 e. The highest BCUT2D eigenvalue weighted by Gasteiger charge is 2.29. The van der Waals surface area contributed by atoms with Gasteiger partial charge < -0.3 is 10.2 Å². The number of amides is 2. The number of anilines is 1. The van der Waals surface area contributed by atoms with Crippen LogP contribution in [0.5, 0.6) is 0 Å². The van der Waals surface area contributed by atoms with E-state index in [9.17, 15) is 22.4 Å².